The van der Waals surface area contributed by atoms with Gasteiger partial charge in [-0.3, -0.25) is 0 Å². The van der Waals surface area contributed by atoms with Gasteiger partial charge in [0, 0.05) is 18.9 Å². The molecule has 2 aromatic heterocycles. The molecule has 4 aromatic rings. The van der Waals surface area contributed by atoms with Gasteiger partial charge in [-0.1, -0.05) is 42.5 Å². The zero-order valence-electron chi connectivity index (χ0n) is 14.1. The third-order valence-corrected chi connectivity index (χ3v) is 4.52. The van der Waals surface area contributed by atoms with Crippen molar-refractivity contribution in [3.05, 3.63) is 72.6 Å². The molecule has 1 atom stereocenters. The maximum atomic E-state index is 9.33. The van der Waals surface area contributed by atoms with Crippen molar-refractivity contribution >= 4 is 11.0 Å². The Morgan fingerprint density at radius 2 is 1.76 bits per heavy atom. The van der Waals surface area contributed by atoms with Crippen LogP contribution in [0.5, 0.6) is 0 Å². The largest absolute Gasteiger partial charge is 0.395 e. The van der Waals surface area contributed by atoms with Gasteiger partial charge in [0.1, 0.15) is 0 Å². The van der Waals surface area contributed by atoms with E-state index in [1.54, 1.807) is 6.20 Å². The second-order valence-electron chi connectivity index (χ2n) is 6.05. The van der Waals surface area contributed by atoms with E-state index in [0.717, 1.165) is 22.7 Å². The van der Waals surface area contributed by atoms with Crippen molar-refractivity contribution < 1.29 is 5.11 Å². The highest BCUT2D eigenvalue weighted by atomic mass is 16.3. The summed E-state index contributed by atoms with van der Waals surface area (Å²) in [7, 11) is 0. The second-order valence-corrected chi connectivity index (χ2v) is 6.05. The van der Waals surface area contributed by atoms with Crippen LogP contribution >= 0.6 is 0 Å². The maximum Gasteiger partial charge on any atom is 0.178 e. The molecule has 0 saturated heterocycles. The van der Waals surface area contributed by atoms with E-state index >= 15 is 0 Å². The summed E-state index contributed by atoms with van der Waals surface area (Å²) in [6.07, 6.45) is 3.63. The maximum absolute atomic E-state index is 9.33. The van der Waals surface area contributed by atoms with Crippen LogP contribution in [0.1, 0.15) is 18.5 Å². The first-order valence-corrected chi connectivity index (χ1v) is 8.44. The molecule has 2 aromatic carbocycles. The number of fused-ring (bicyclic) bond motifs is 1. The zero-order valence-corrected chi connectivity index (χ0v) is 14.1. The fraction of sp³-hybridized carbons (Fsp3) is 0.200. The van der Waals surface area contributed by atoms with Crippen molar-refractivity contribution in [2.75, 3.05) is 6.61 Å². The van der Waals surface area contributed by atoms with Crippen LogP contribution in [0.3, 0.4) is 0 Å². The first-order valence-electron chi connectivity index (χ1n) is 8.44. The van der Waals surface area contributed by atoms with Crippen LogP contribution in [0.15, 0.2) is 67.0 Å². The molecule has 0 aliphatic carbocycles. The SMILES string of the molecule is CC(c1ccccc1)n1c(-c2nccn2CCO)nc2ccccc21. The lowest BCUT2D eigenvalue weighted by molar-refractivity contribution is 0.276. The van der Waals surface area contributed by atoms with Crippen LogP contribution in [0.4, 0.5) is 0 Å². The lowest BCUT2D eigenvalue weighted by atomic mass is 10.1. The Morgan fingerprint density at radius 3 is 2.56 bits per heavy atom. The van der Waals surface area contributed by atoms with Gasteiger partial charge < -0.3 is 14.2 Å². The molecule has 0 radical (unpaired) electrons. The van der Waals surface area contributed by atoms with E-state index in [1.165, 1.54) is 5.56 Å². The van der Waals surface area contributed by atoms with Crippen LogP contribution in [-0.4, -0.2) is 30.8 Å². The summed E-state index contributed by atoms with van der Waals surface area (Å²) in [5.74, 6) is 1.59. The van der Waals surface area contributed by atoms with Crippen LogP contribution in [0.25, 0.3) is 22.7 Å². The average Bonchev–Trinajstić information content (AvgIpc) is 3.26. The molecule has 1 N–H and O–H groups in total. The van der Waals surface area contributed by atoms with E-state index < -0.39 is 0 Å². The number of para-hydroxylation sites is 2. The van der Waals surface area contributed by atoms with Gasteiger partial charge in [0.05, 0.1) is 23.7 Å². The standard InChI is InChI=1S/C20H20N4O/c1-15(16-7-3-2-4-8-16)24-18-10-6-5-9-17(18)22-20(24)19-21-11-12-23(19)13-14-25/h2-12,15,25H,13-14H2,1H3. The summed E-state index contributed by atoms with van der Waals surface area (Å²) in [6.45, 7) is 2.74. The molecule has 5 nitrogen and oxygen atoms in total. The van der Waals surface area contributed by atoms with Gasteiger partial charge >= 0.3 is 0 Å². The Hall–Kier alpha value is -2.92. The number of hydrogen-bond donors (Lipinski definition) is 1. The highest BCUT2D eigenvalue weighted by molar-refractivity contribution is 5.80. The van der Waals surface area contributed by atoms with E-state index in [0.29, 0.717) is 6.54 Å². The number of hydrogen-bond acceptors (Lipinski definition) is 3. The quantitative estimate of drug-likeness (QED) is 0.608. The van der Waals surface area contributed by atoms with Crippen molar-refractivity contribution in [3.8, 4) is 11.6 Å². The van der Waals surface area contributed by atoms with Crippen LogP contribution in [0.2, 0.25) is 0 Å². The molecule has 1 unspecified atom stereocenters. The average molecular weight is 332 g/mol. The number of rotatable bonds is 5. The van der Waals surface area contributed by atoms with E-state index in [2.05, 4.69) is 46.8 Å². The van der Waals surface area contributed by atoms with E-state index in [-0.39, 0.29) is 12.6 Å². The predicted molar refractivity (Wildman–Crippen MR) is 98.3 cm³/mol. The van der Waals surface area contributed by atoms with Gasteiger partial charge in [0.2, 0.25) is 0 Å². The van der Waals surface area contributed by atoms with Crippen LogP contribution in [0, 0.1) is 0 Å². The first kappa shape index (κ1) is 15.6. The molecule has 0 aliphatic rings. The molecule has 25 heavy (non-hydrogen) atoms. The summed E-state index contributed by atoms with van der Waals surface area (Å²) in [4.78, 5) is 9.35. The number of benzene rings is 2. The summed E-state index contributed by atoms with van der Waals surface area (Å²) >= 11 is 0. The second kappa shape index (κ2) is 6.53. The molecule has 0 saturated carbocycles. The van der Waals surface area contributed by atoms with E-state index in [1.807, 2.05) is 35.0 Å². The van der Waals surface area contributed by atoms with Crippen molar-refractivity contribution in [2.24, 2.45) is 0 Å². The molecule has 0 spiro atoms. The minimum absolute atomic E-state index is 0.0673. The molecule has 126 valence electrons. The van der Waals surface area contributed by atoms with Gasteiger partial charge in [-0.15, -0.1) is 0 Å². The van der Waals surface area contributed by atoms with Crippen molar-refractivity contribution in [1.82, 2.24) is 19.1 Å². The molecule has 4 rings (SSSR count). The summed E-state index contributed by atoms with van der Waals surface area (Å²) < 4.78 is 4.16. The third-order valence-electron chi connectivity index (χ3n) is 4.52. The van der Waals surface area contributed by atoms with Gasteiger partial charge in [-0.05, 0) is 24.6 Å². The van der Waals surface area contributed by atoms with Crippen LogP contribution < -0.4 is 0 Å². The van der Waals surface area contributed by atoms with E-state index in [9.17, 15) is 5.11 Å². The van der Waals surface area contributed by atoms with Crippen molar-refractivity contribution in [1.29, 1.82) is 0 Å². The van der Waals surface area contributed by atoms with Gasteiger partial charge in [-0.2, -0.15) is 0 Å². The fourth-order valence-electron chi connectivity index (χ4n) is 3.28. The Balaban J connectivity index is 1.94. The topological polar surface area (TPSA) is 55.9 Å². The molecule has 0 fully saturated rings. The summed E-state index contributed by atoms with van der Waals surface area (Å²) in [5.41, 5.74) is 3.23. The molecule has 0 amide bonds. The smallest absolute Gasteiger partial charge is 0.178 e. The zero-order chi connectivity index (χ0) is 17.2. The Kier molecular flexibility index (Phi) is 4.07. The summed E-state index contributed by atoms with van der Waals surface area (Å²) in [6, 6.07) is 18.6. The highest BCUT2D eigenvalue weighted by Crippen LogP contribution is 2.30. The summed E-state index contributed by atoms with van der Waals surface area (Å²) in [5, 5.41) is 9.33. The highest BCUT2D eigenvalue weighted by Gasteiger charge is 2.21. The molecule has 0 aliphatic heterocycles. The van der Waals surface area contributed by atoms with Gasteiger partial charge in [0.15, 0.2) is 11.6 Å². The number of imidazole rings is 2. The molecule has 2 heterocycles. The molecular weight excluding hydrogens is 312 g/mol. The number of aromatic nitrogens is 4. The molecule has 0 bridgehead atoms. The van der Waals surface area contributed by atoms with Gasteiger partial charge in [0.25, 0.3) is 0 Å². The minimum atomic E-state index is 0.0673. The number of nitrogens with zero attached hydrogens (tertiary/aromatic N) is 4. The lowest BCUT2D eigenvalue weighted by Gasteiger charge is -2.18. The Labute approximate surface area is 146 Å². The predicted octanol–water partition coefficient (Wildman–Crippen LogP) is 3.50. The van der Waals surface area contributed by atoms with Crippen molar-refractivity contribution in [2.45, 2.75) is 19.5 Å². The van der Waals surface area contributed by atoms with Crippen LogP contribution in [-0.2, 0) is 6.54 Å². The molecular formula is C20H20N4O. The number of aliphatic hydroxyl groups is 1. The monoisotopic (exact) mass is 332 g/mol. The first-order chi connectivity index (χ1) is 12.3. The Bertz CT molecular complexity index is 987. The Morgan fingerprint density at radius 1 is 1.00 bits per heavy atom. The lowest BCUT2D eigenvalue weighted by Crippen LogP contribution is -2.11. The van der Waals surface area contributed by atoms with E-state index in [4.69, 9.17) is 4.98 Å². The minimum Gasteiger partial charge on any atom is -0.395 e. The normalized spacial score (nSPS) is 12.6. The third kappa shape index (κ3) is 2.72. The molecule has 5 heteroatoms. The van der Waals surface area contributed by atoms with Gasteiger partial charge in [-0.25, -0.2) is 9.97 Å². The van der Waals surface area contributed by atoms with Crippen molar-refractivity contribution in [3.63, 3.8) is 0 Å². The fourth-order valence-corrected chi connectivity index (χ4v) is 3.28. The number of aliphatic hydroxyl groups excluding tert-OH is 1.